The molecule has 0 bridgehead atoms. The van der Waals surface area contributed by atoms with Crippen molar-refractivity contribution >= 4 is 28.5 Å². The number of hydrogen-bond donors (Lipinski definition) is 2. The molecule has 200 valence electrons. The van der Waals surface area contributed by atoms with Crippen molar-refractivity contribution in [2.24, 2.45) is 0 Å². The Morgan fingerprint density at radius 2 is 1.87 bits per heavy atom. The molecule has 2 aliphatic heterocycles. The van der Waals surface area contributed by atoms with Crippen LogP contribution in [0.5, 0.6) is 0 Å². The summed E-state index contributed by atoms with van der Waals surface area (Å²) in [5, 5.41) is 5.06. The summed E-state index contributed by atoms with van der Waals surface area (Å²) in [7, 11) is 3.98. The van der Waals surface area contributed by atoms with Gasteiger partial charge in [0, 0.05) is 80.8 Å². The second-order valence-corrected chi connectivity index (χ2v) is 10.9. The summed E-state index contributed by atoms with van der Waals surface area (Å²) in [6.45, 7) is 6.90. The topological polar surface area (TPSA) is 72.6 Å². The fraction of sp³-hybridized carbons (Fsp3) is 0.448. The minimum Gasteiger partial charge on any atom is -0.375 e. The van der Waals surface area contributed by atoms with Crippen molar-refractivity contribution in [3.05, 3.63) is 65.6 Å². The molecular formula is C29H36ClN7O. The minimum absolute atomic E-state index is 0.0800. The number of rotatable bonds is 6. The molecule has 38 heavy (non-hydrogen) atoms. The van der Waals surface area contributed by atoms with E-state index in [0.717, 1.165) is 29.6 Å². The average Bonchev–Trinajstić information content (AvgIpc) is 3.39. The van der Waals surface area contributed by atoms with Gasteiger partial charge in [-0.1, -0.05) is 35.9 Å². The van der Waals surface area contributed by atoms with Crippen LogP contribution in [-0.2, 0) is 4.74 Å². The molecule has 1 aliphatic carbocycles. The molecule has 0 saturated carbocycles. The normalized spacial score (nSPS) is 23.7. The number of allylic oxidation sites excluding steroid dienone is 1. The molecule has 0 amide bonds. The zero-order valence-corrected chi connectivity index (χ0v) is 22.9. The third-order valence-electron chi connectivity index (χ3n) is 8.20. The van der Waals surface area contributed by atoms with Gasteiger partial charge in [0.2, 0.25) is 5.95 Å². The molecule has 8 nitrogen and oxygen atoms in total. The third-order valence-corrected chi connectivity index (χ3v) is 8.48. The number of nitrogens with zero attached hydrogens (tertiary/aromatic N) is 5. The highest BCUT2D eigenvalue weighted by Gasteiger charge is 2.29. The van der Waals surface area contributed by atoms with E-state index in [4.69, 9.17) is 21.3 Å². The smallest absolute Gasteiger partial charge is 0.223 e. The van der Waals surface area contributed by atoms with Crippen LogP contribution in [0.4, 0.5) is 5.95 Å². The number of aromatic nitrogens is 3. The number of anilines is 1. The first-order valence-corrected chi connectivity index (χ1v) is 13.9. The van der Waals surface area contributed by atoms with Crippen molar-refractivity contribution in [3.8, 4) is 11.3 Å². The molecule has 2 atom stereocenters. The van der Waals surface area contributed by atoms with E-state index in [9.17, 15) is 0 Å². The lowest BCUT2D eigenvalue weighted by Crippen LogP contribution is -2.52. The average molecular weight is 534 g/mol. The number of fused-ring (bicyclic) bond motifs is 1. The van der Waals surface area contributed by atoms with Crippen LogP contribution in [0.3, 0.4) is 0 Å². The molecule has 3 aromatic rings. The fourth-order valence-electron chi connectivity index (χ4n) is 5.91. The van der Waals surface area contributed by atoms with Gasteiger partial charge in [-0.3, -0.25) is 4.90 Å². The summed E-state index contributed by atoms with van der Waals surface area (Å²) < 4.78 is 5.89. The quantitative estimate of drug-likeness (QED) is 0.491. The molecule has 2 saturated heterocycles. The number of ether oxygens (including phenoxy) is 1. The number of hydrogen-bond acceptors (Lipinski definition) is 7. The molecule has 2 aromatic heterocycles. The van der Waals surface area contributed by atoms with E-state index >= 15 is 0 Å². The first-order valence-electron chi connectivity index (χ1n) is 13.5. The van der Waals surface area contributed by atoms with E-state index in [1.54, 1.807) is 13.3 Å². The van der Waals surface area contributed by atoms with Gasteiger partial charge in [-0.2, -0.15) is 0 Å². The molecule has 2 N–H and O–H groups in total. The van der Waals surface area contributed by atoms with Gasteiger partial charge in [0.1, 0.15) is 6.10 Å². The first kappa shape index (κ1) is 25.4. The lowest BCUT2D eigenvalue weighted by atomic mass is 9.98. The zero-order valence-electron chi connectivity index (χ0n) is 22.1. The number of para-hydroxylation sites is 1. The van der Waals surface area contributed by atoms with Gasteiger partial charge in [0.25, 0.3) is 0 Å². The molecule has 2 fully saturated rings. The molecular weight excluding hydrogens is 498 g/mol. The Hall–Kier alpha value is -2.91. The van der Waals surface area contributed by atoms with Crippen LogP contribution >= 0.6 is 11.6 Å². The number of piperidine rings is 1. The number of halogens is 1. The van der Waals surface area contributed by atoms with Gasteiger partial charge in [0.05, 0.1) is 23.0 Å². The molecule has 2 unspecified atom stereocenters. The summed E-state index contributed by atoms with van der Waals surface area (Å²) in [6.07, 6.45) is 12.5. The number of benzene rings is 1. The van der Waals surface area contributed by atoms with Crippen molar-refractivity contribution in [1.82, 2.24) is 29.7 Å². The lowest BCUT2D eigenvalue weighted by Gasteiger charge is -2.43. The SMILES string of the molecule is COC1C=C(N2CCC(N3CCN(C)CC3)CC2)C=CC1Nc1ncc(Cl)c(-c2c[nH]c3ccccc23)n1. The van der Waals surface area contributed by atoms with Crippen molar-refractivity contribution in [2.45, 2.75) is 31.0 Å². The maximum Gasteiger partial charge on any atom is 0.223 e. The maximum absolute atomic E-state index is 6.53. The van der Waals surface area contributed by atoms with Crippen molar-refractivity contribution in [3.63, 3.8) is 0 Å². The van der Waals surface area contributed by atoms with E-state index in [0.29, 0.717) is 22.7 Å². The van der Waals surface area contributed by atoms with E-state index in [2.05, 4.69) is 61.3 Å². The predicted molar refractivity (Wildman–Crippen MR) is 153 cm³/mol. The number of methoxy groups -OCH3 is 1. The Balaban J connectivity index is 1.12. The van der Waals surface area contributed by atoms with E-state index in [-0.39, 0.29) is 12.1 Å². The molecule has 0 spiro atoms. The highest BCUT2D eigenvalue weighted by molar-refractivity contribution is 6.33. The summed E-state index contributed by atoms with van der Waals surface area (Å²) >= 11 is 6.53. The van der Waals surface area contributed by atoms with Gasteiger partial charge in [-0.25, -0.2) is 9.97 Å². The van der Waals surface area contributed by atoms with Crippen LogP contribution in [-0.4, -0.2) is 101 Å². The fourth-order valence-corrected chi connectivity index (χ4v) is 6.11. The van der Waals surface area contributed by atoms with Crippen molar-refractivity contribution < 1.29 is 4.74 Å². The number of likely N-dealkylation sites (tertiary alicyclic amines) is 1. The summed E-state index contributed by atoms with van der Waals surface area (Å²) in [6, 6.07) is 8.76. The number of piperazine rings is 1. The Kier molecular flexibility index (Phi) is 7.39. The Labute approximate surface area is 229 Å². The zero-order chi connectivity index (χ0) is 26.1. The number of H-pyrrole nitrogens is 1. The maximum atomic E-state index is 6.53. The Bertz CT molecular complexity index is 1320. The largest absolute Gasteiger partial charge is 0.375 e. The van der Waals surface area contributed by atoms with E-state index in [1.807, 2.05) is 24.4 Å². The van der Waals surface area contributed by atoms with Crippen LogP contribution in [0.1, 0.15) is 12.8 Å². The van der Waals surface area contributed by atoms with Gasteiger partial charge >= 0.3 is 0 Å². The van der Waals surface area contributed by atoms with Gasteiger partial charge < -0.3 is 24.8 Å². The van der Waals surface area contributed by atoms with Crippen molar-refractivity contribution in [1.29, 1.82) is 0 Å². The lowest BCUT2D eigenvalue weighted by molar-refractivity contribution is 0.0752. The Morgan fingerprint density at radius 3 is 2.66 bits per heavy atom. The predicted octanol–water partition coefficient (Wildman–Crippen LogP) is 4.24. The van der Waals surface area contributed by atoms with Crippen molar-refractivity contribution in [2.75, 3.05) is 58.7 Å². The monoisotopic (exact) mass is 533 g/mol. The first-order chi connectivity index (χ1) is 18.6. The summed E-state index contributed by atoms with van der Waals surface area (Å²) in [5.74, 6) is 0.524. The van der Waals surface area contributed by atoms with Crippen LogP contribution in [0.15, 0.2) is 60.6 Å². The molecule has 9 heteroatoms. The molecule has 3 aliphatic rings. The minimum atomic E-state index is -0.124. The number of likely N-dealkylation sites (N-methyl/N-ethyl adjacent to an activating group) is 1. The molecule has 0 radical (unpaired) electrons. The second-order valence-electron chi connectivity index (χ2n) is 10.5. The second kappa shape index (κ2) is 11.1. The molecule has 4 heterocycles. The molecule has 6 rings (SSSR count). The summed E-state index contributed by atoms with van der Waals surface area (Å²) in [5.41, 5.74) is 3.95. The summed E-state index contributed by atoms with van der Waals surface area (Å²) in [4.78, 5) is 20.2. The Morgan fingerprint density at radius 1 is 1.08 bits per heavy atom. The van der Waals surface area contributed by atoms with Crippen LogP contribution in [0.2, 0.25) is 5.02 Å². The third kappa shape index (κ3) is 5.18. The molecule has 1 aromatic carbocycles. The van der Waals surface area contributed by atoms with Gasteiger partial charge in [-0.15, -0.1) is 0 Å². The number of nitrogens with one attached hydrogen (secondary N) is 2. The highest BCUT2D eigenvalue weighted by Crippen LogP contribution is 2.33. The standard InChI is InChI=1S/C29H36ClN7O/c1-35-13-15-37(16-14-35)20-9-11-36(12-10-20)21-7-8-26(27(17-21)38-2)33-29-32-19-24(30)28(34-29)23-18-31-25-6-4-3-5-22(23)25/h3-8,17-20,26-27,31H,9-16H2,1-2H3,(H,32,33,34). The highest BCUT2D eigenvalue weighted by atomic mass is 35.5. The number of aromatic amines is 1. The van der Waals surface area contributed by atoms with Crippen LogP contribution < -0.4 is 5.32 Å². The van der Waals surface area contributed by atoms with E-state index < -0.39 is 0 Å². The van der Waals surface area contributed by atoms with Crippen LogP contribution in [0, 0.1) is 0 Å². The van der Waals surface area contributed by atoms with Gasteiger partial charge in [0.15, 0.2) is 0 Å². The van der Waals surface area contributed by atoms with E-state index in [1.165, 1.54) is 44.7 Å². The van der Waals surface area contributed by atoms with Crippen LogP contribution in [0.25, 0.3) is 22.2 Å². The van der Waals surface area contributed by atoms with Gasteiger partial charge in [-0.05, 0) is 38.1 Å².